The van der Waals surface area contributed by atoms with Crippen LogP contribution < -0.4 is 15.2 Å². The topological polar surface area (TPSA) is 57.4 Å². The monoisotopic (exact) mass is 222 g/mol. The highest BCUT2D eigenvalue weighted by Crippen LogP contribution is 2.36. The van der Waals surface area contributed by atoms with Gasteiger partial charge in [0, 0.05) is 6.07 Å². The molecule has 0 aromatic carbocycles. The highest BCUT2D eigenvalue weighted by Gasteiger charge is 2.34. The first-order valence-electron chi connectivity index (χ1n) is 3.85. The Morgan fingerprint density at radius 1 is 1.27 bits per heavy atom. The largest absolute Gasteiger partial charge is 0.494 e. The first-order valence-corrected chi connectivity index (χ1v) is 3.85. The normalized spacial score (nSPS) is 11.3. The van der Waals surface area contributed by atoms with Crippen molar-refractivity contribution < 1.29 is 22.6 Å². The molecule has 0 spiro atoms. The van der Waals surface area contributed by atoms with Gasteiger partial charge in [0.1, 0.15) is 11.4 Å². The average molecular weight is 222 g/mol. The van der Waals surface area contributed by atoms with Crippen molar-refractivity contribution in [2.24, 2.45) is 0 Å². The average Bonchev–Trinajstić information content (AvgIpc) is 2.16. The van der Waals surface area contributed by atoms with Crippen LogP contribution in [0, 0.1) is 0 Å². The summed E-state index contributed by atoms with van der Waals surface area (Å²) in [6, 6.07) is 0.720. The standard InChI is InChI=1S/C8H9F3N2O2/c1-14-4-3-5(8(9,10)11)13-7(15-2)6(4)12/h3H,12H2,1-2H3. The number of alkyl halides is 3. The maximum atomic E-state index is 12.3. The number of pyridine rings is 1. The van der Waals surface area contributed by atoms with Gasteiger partial charge >= 0.3 is 6.18 Å². The first-order chi connectivity index (χ1) is 6.90. The minimum absolute atomic E-state index is 0.0620. The van der Waals surface area contributed by atoms with E-state index in [1.807, 2.05) is 0 Å². The fourth-order valence-electron chi connectivity index (χ4n) is 0.979. The molecule has 1 rings (SSSR count). The van der Waals surface area contributed by atoms with Gasteiger partial charge < -0.3 is 15.2 Å². The number of nitrogens with zero attached hydrogens (tertiary/aromatic N) is 1. The van der Waals surface area contributed by atoms with Crippen molar-refractivity contribution in [3.63, 3.8) is 0 Å². The summed E-state index contributed by atoms with van der Waals surface area (Å²) in [5.74, 6) is -0.421. The number of nitrogen functional groups attached to an aromatic ring is 1. The Morgan fingerprint density at radius 3 is 2.27 bits per heavy atom. The lowest BCUT2D eigenvalue weighted by molar-refractivity contribution is -0.141. The number of ether oxygens (including phenoxy) is 2. The molecular formula is C8H9F3N2O2. The molecule has 7 heteroatoms. The molecule has 0 aliphatic carbocycles. The van der Waals surface area contributed by atoms with E-state index in [0.29, 0.717) is 0 Å². The van der Waals surface area contributed by atoms with Crippen LogP contribution in [0.25, 0.3) is 0 Å². The summed E-state index contributed by atoms with van der Waals surface area (Å²) in [6.45, 7) is 0. The minimum Gasteiger partial charge on any atom is -0.494 e. The molecule has 0 fully saturated rings. The summed E-state index contributed by atoms with van der Waals surface area (Å²) in [7, 11) is 2.39. The number of aromatic nitrogens is 1. The fraction of sp³-hybridized carbons (Fsp3) is 0.375. The molecule has 0 aliphatic rings. The van der Waals surface area contributed by atoms with Gasteiger partial charge in [-0.15, -0.1) is 0 Å². The minimum atomic E-state index is -4.56. The van der Waals surface area contributed by atoms with Gasteiger partial charge in [0.15, 0.2) is 5.69 Å². The molecular weight excluding hydrogens is 213 g/mol. The highest BCUT2D eigenvalue weighted by atomic mass is 19.4. The van der Waals surface area contributed by atoms with Crippen molar-refractivity contribution in [3.8, 4) is 11.6 Å². The summed E-state index contributed by atoms with van der Waals surface area (Å²) < 4.78 is 46.3. The maximum Gasteiger partial charge on any atom is 0.433 e. The zero-order chi connectivity index (χ0) is 11.6. The fourth-order valence-corrected chi connectivity index (χ4v) is 0.979. The van der Waals surface area contributed by atoms with E-state index in [2.05, 4.69) is 14.5 Å². The van der Waals surface area contributed by atoms with Gasteiger partial charge in [-0.05, 0) is 0 Å². The summed E-state index contributed by atoms with van der Waals surface area (Å²) in [6.07, 6.45) is -4.56. The van der Waals surface area contributed by atoms with Crippen molar-refractivity contribution in [3.05, 3.63) is 11.8 Å². The van der Waals surface area contributed by atoms with Crippen molar-refractivity contribution in [1.82, 2.24) is 4.98 Å². The van der Waals surface area contributed by atoms with Crippen LogP contribution in [0.3, 0.4) is 0 Å². The van der Waals surface area contributed by atoms with Crippen molar-refractivity contribution in [1.29, 1.82) is 0 Å². The molecule has 0 radical (unpaired) electrons. The van der Waals surface area contributed by atoms with E-state index < -0.39 is 11.9 Å². The highest BCUT2D eigenvalue weighted by molar-refractivity contribution is 5.60. The Bertz CT molecular complexity index is 340. The summed E-state index contributed by atoms with van der Waals surface area (Å²) in [5, 5.41) is 0. The van der Waals surface area contributed by atoms with Crippen LogP contribution >= 0.6 is 0 Å². The van der Waals surface area contributed by atoms with Gasteiger partial charge in [-0.25, -0.2) is 4.98 Å². The van der Waals surface area contributed by atoms with Gasteiger partial charge in [-0.3, -0.25) is 0 Å². The van der Waals surface area contributed by atoms with Crippen LogP contribution in [-0.4, -0.2) is 19.2 Å². The van der Waals surface area contributed by atoms with E-state index in [-0.39, 0.29) is 17.3 Å². The van der Waals surface area contributed by atoms with Gasteiger partial charge in [0.2, 0.25) is 5.88 Å². The van der Waals surface area contributed by atoms with Crippen molar-refractivity contribution >= 4 is 5.69 Å². The van der Waals surface area contributed by atoms with Gasteiger partial charge in [-0.2, -0.15) is 13.2 Å². The lowest BCUT2D eigenvalue weighted by Crippen LogP contribution is -2.10. The summed E-state index contributed by atoms with van der Waals surface area (Å²) in [4.78, 5) is 3.22. The molecule has 0 saturated heterocycles. The van der Waals surface area contributed by atoms with Gasteiger partial charge in [0.25, 0.3) is 0 Å². The number of hydrogen-bond donors (Lipinski definition) is 1. The van der Waals surface area contributed by atoms with Crippen LogP contribution in [0.1, 0.15) is 5.69 Å². The Hall–Kier alpha value is -1.66. The molecule has 4 nitrogen and oxygen atoms in total. The van der Waals surface area contributed by atoms with Crippen LogP contribution in [0.4, 0.5) is 18.9 Å². The zero-order valence-corrected chi connectivity index (χ0v) is 8.05. The third kappa shape index (κ3) is 2.23. The lowest BCUT2D eigenvalue weighted by atomic mass is 10.3. The molecule has 0 atom stereocenters. The molecule has 1 heterocycles. The van der Waals surface area contributed by atoms with Crippen LogP contribution in [0.15, 0.2) is 6.07 Å². The van der Waals surface area contributed by atoms with E-state index in [1.165, 1.54) is 14.2 Å². The Morgan fingerprint density at radius 2 is 1.87 bits per heavy atom. The van der Waals surface area contributed by atoms with E-state index in [0.717, 1.165) is 6.07 Å². The number of hydrogen-bond acceptors (Lipinski definition) is 4. The Kier molecular flexibility index (Phi) is 2.92. The molecule has 84 valence electrons. The molecule has 0 unspecified atom stereocenters. The number of methoxy groups -OCH3 is 2. The SMILES string of the molecule is COc1cc(C(F)(F)F)nc(OC)c1N. The second-order valence-electron chi connectivity index (χ2n) is 2.63. The van der Waals surface area contributed by atoms with Gasteiger partial charge in [-0.1, -0.05) is 0 Å². The number of rotatable bonds is 2. The van der Waals surface area contributed by atoms with E-state index in [1.54, 1.807) is 0 Å². The third-order valence-corrected chi connectivity index (χ3v) is 1.69. The lowest BCUT2D eigenvalue weighted by Gasteiger charge is -2.12. The van der Waals surface area contributed by atoms with Crippen molar-refractivity contribution in [2.45, 2.75) is 6.18 Å². The van der Waals surface area contributed by atoms with E-state index >= 15 is 0 Å². The number of anilines is 1. The maximum absolute atomic E-state index is 12.3. The molecule has 1 aromatic rings. The first kappa shape index (κ1) is 11.4. The van der Waals surface area contributed by atoms with Crippen molar-refractivity contribution in [2.75, 3.05) is 20.0 Å². The predicted molar refractivity (Wildman–Crippen MR) is 46.8 cm³/mol. The second-order valence-corrected chi connectivity index (χ2v) is 2.63. The Labute approximate surface area is 83.8 Å². The summed E-state index contributed by atoms with van der Waals surface area (Å²) >= 11 is 0. The smallest absolute Gasteiger partial charge is 0.433 e. The molecule has 0 amide bonds. The molecule has 15 heavy (non-hydrogen) atoms. The number of nitrogens with two attached hydrogens (primary N) is 1. The molecule has 0 bridgehead atoms. The van der Waals surface area contributed by atoms with Crippen LogP contribution in [0.5, 0.6) is 11.6 Å². The predicted octanol–water partition coefficient (Wildman–Crippen LogP) is 1.70. The Balaban J connectivity index is 3.33. The van der Waals surface area contributed by atoms with E-state index in [4.69, 9.17) is 5.73 Å². The second kappa shape index (κ2) is 3.84. The molecule has 1 aromatic heterocycles. The molecule has 0 aliphatic heterocycles. The molecule has 0 saturated carbocycles. The van der Waals surface area contributed by atoms with Gasteiger partial charge in [0.05, 0.1) is 14.2 Å². The quantitative estimate of drug-likeness (QED) is 0.827. The van der Waals surface area contributed by atoms with E-state index in [9.17, 15) is 13.2 Å². The summed E-state index contributed by atoms with van der Waals surface area (Å²) in [5.41, 5.74) is 4.27. The zero-order valence-electron chi connectivity index (χ0n) is 8.05. The third-order valence-electron chi connectivity index (χ3n) is 1.69. The number of halogens is 3. The van der Waals surface area contributed by atoms with Crippen LogP contribution in [-0.2, 0) is 6.18 Å². The molecule has 2 N–H and O–H groups in total. The van der Waals surface area contributed by atoms with Crippen LogP contribution in [0.2, 0.25) is 0 Å².